The minimum Gasteiger partial charge on any atom is -0.347 e. The van der Waals surface area contributed by atoms with Gasteiger partial charge >= 0.3 is 0 Å². The predicted molar refractivity (Wildman–Crippen MR) is 85.9 cm³/mol. The van der Waals surface area contributed by atoms with Crippen molar-refractivity contribution in [2.24, 2.45) is 10.8 Å². The van der Waals surface area contributed by atoms with E-state index in [4.69, 9.17) is 11.6 Å². The normalized spacial score (nSPS) is 12.9. The number of rotatable bonds is 3. The Morgan fingerprint density at radius 2 is 1.95 bits per heavy atom. The van der Waals surface area contributed by atoms with E-state index in [-0.39, 0.29) is 0 Å². The van der Waals surface area contributed by atoms with Crippen molar-refractivity contribution < 1.29 is 0 Å². The standard InChI is InChI=1S/C15H22BClN2/c1-14(2,3)15(4,5)9-16-12-8-19-13-11(12)6-10(17)7-18-13/h6-8,16H,9H2,1-5H3,(H,18,19). The van der Waals surface area contributed by atoms with E-state index in [0.29, 0.717) is 15.9 Å². The van der Waals surface area contributed by atoms with Gasteiger partial charge in [-0.05, 0) is 23.1 Å². The van der Waals surface area contributed by atoms with Crippen molar-refractivity contribution in [2.75, 3.05) is 0 Å². The van der Waals surface area contributed by atoms with E-state index >= 15 is 0 Å². The smallest absolute Gasteiger partial charge is 0.161 e. The minimum atomic E-state index is 0.294. The number of aromatic nitrogens is 2. The first-order chi connectivity index (χ1) is 8.71. The van der Waals surface area contributed by atoms with Gasteiger partial charge in [0.2, 0.25) is 0 Å². The topological polar surface area (TPSA) is 28.7 Å². The summed E-state index contributed by atoms with van der Waals surface area (Å²) in [5, 5.41) is 1.85. The molecule has 0 atom stereocenters. The number of H-pyrrole nitrogens is 1. The molecule has 0 aromatic carbocycles. The molecular formula is C15H22BClN2. The molecule has 1 N–H and O–H groups in total. The van der Waals surface area contributed by atoms with Gasteiger partial charge in [-0.1, -0.05) is 58.0 Å². The molecule has 4 heteroatoms. The van der Waals surface area contributed by atoms with E-state index in [0.717, 1.165) is 24.6 Å². The highest BCUT2D eigenvalue weighted by molar-refractivity contribution is 6.57. The number of nitrogens with zero attached hydrogens (tertiary/aromatic N) is 1. The molecule has 2 rings (SSSR count). The van der Waals surface area contributed by atoms with Gasteiger partial charge in [-0.2, -0.15) is 0 Å². The average molecular weight is 277 g/mol. The Morgan fingerprint density at radius 1 is 1.26 bits per heavy atom. The van der Waals surface area contributed by atoms with Crippen LogP contribution in [0.4, 0.5) is 0 Å². The second-order valence-corrected chi connectivity index (χ2v) is 7.43. The zero-order chi connectivity index (χ0) is 14.3. The molecule has 2 aromatic rings. The van der Waals surface area contributed by atoms with E-state index in [1.807, 2.05) is 6.07 Å². The van der Waals surface area contributed by atoms with Crippen LogP contribution in [0.5, 0.6) is 0 Å². The fourth-order valence-corrected chi connectivity index (χ4v) is 2.22. The summed E-state index contributed by atoms with van der Waals surface area (Å²) in [6.45, 7) is 11.6. The van der Waals surface area contributed by atoms with Crippen LogP contribution in [-0.4, -0.2) is 17.2 Å². The van der Waals surface area contributed by atoms with Crippen LogP contribution in [0.15, 0.2) is 18.5 Å². The largest absolute Gasteiger partial charge is 0.347 e. The Kier molecular flexibility index (Phi) is 3.70. The minimum absolute atomic E-state index is 0.294. The van der Waals surface area contributed by atoms with Gasteiger partial charge in [0, 0.05) is 11.6 Å². The molecule has 0 fully saturated rings. The monoisotopic (exact) mass is 276 g/mol. The molecule has 0 saturated heterocycles. The summed E-state index contributed by atoms with van der Waals surface area (Å²) in [6, 6.07) is 2.00. The van der Waals surface area contributed by atoms with Crippen LogP contribution in [0, 0.1) is 10.8 Å². The second kappa shape index (κ2) is 4.86. The molecule has 0 aliphatic carbocycles. The molecule has 0 bridgehead atoms. The zero-order valence-electron chi connectivity index (χ0n) is 12.5. The van der Waals surface area contributed by atoms with Crippen LogP contribution in [0.3, 0.4) is 0 Å². The summed E-state index contributed by atoms with van der Waals surface area (Å²) in [5.41, 5.74) is 2.83. The fraction of sp³-hybridized carbons (Fsp3) is 0.533. The van der Waals surface area contributed by atoms with Gasteiger partial charge in [-0.3, -0.25) is 0 Å². The number of aromatic amines is 1. The van der Waals surface area contributed by atoms with Gasteiger partial charge in [0.25, 0.3) is 0 Å². The Hall–Kier alpha value is -0.955. The molecule has 0 aliphatic heterocycles. The Morgan fingerprint density at radius 3 is 2.58 bits per heavy atom. The van der Waals surface area contributed by atoms with Crippen LogP contribution < -0.4 is 5.46 Å². The molecule has 0 aliphatic rings. The average Bonchev–Trinajstić information content (AvgIpc) is 2.67. The Bertz CT molecular complexity index is 581. The molecule has 2 heterocycles. The second-order valence-electron chi connectivity index (χ2n) is 7.00. The SMILES string of the molecule is CC(C)(C)C(C)(C)CBc1c[nH]c2ncc(Cl)cc12. The van der Waals surface area contributed by atoms with E-state index in [9.17, 15) is 0 Å². The molecule has 0 spiro atoms. The lowest BCUT2D eigenvalue weighted by molar-refractivity contribution is 0.157. The van der Waals surface area contributed by atoms with Gasteiger partial charge in [-0.15, -0.1) is 0 Å². The lowest BCUT2D eigenvalue weighted by atomic mass is 9.53. The highest BCUT2D eigenvalue weighted by Crippen LogP contribution is 2.40. The van der Waals surface area contributed by atoms with Crippen LogP contribution in [-0.2, 0) is 0 Å². The highest BCUT2D eigenvalue weighted by atomic mass is 35.5. The number of halogens is 1. The van der Waals surface area contributed by atoms with E-state index in [2.05, 4.69) is 50.8 Å². The van der Waals surface area contributed by atoms with Crippen LogP contribution in [0.1, 0.15) is 34.6 Å². The first-order valence-corrected chi connectivity index (χ1v) is 7.20. The molecule has 2 nitrogen and oxygen atoms in total. The number of hydrogen-bond acceptors (Lipinski definition) is 1. The lowest BCUT2D eigenvalue weighted by Gasteiger charge is -2.39. The zero-order valence-corrected chi connectivity index (χ0v) is 13.2. The third-order valence-electron chi connectivity index (χ3n) is 4.63. The van der Waals surface area contributed by atoms with Gasteiger partial charge < -0.3 is 4.98 Å². The number of fused-ring (bicyclic) bond motifs is 1. The maximum absolute atomic E-state index is 6.03. The molecule has 2 aromatic heterocycles. The van der Waals surface area contributed by atoms with Crippen LogP contribution >= 0.6 is 11.6 Å². The number of nitrogens with one attached hydrogen (secondary N) is 1. The van der Waals surface area contributed by atoms with Gasteiger partial charge in [-0.25, -0.2) is 4.98 Å². The van der Waals surface area contributed by atoms with Crippen molar-refractivity contribution >= 4 is 35.4 Å². The summed E-state index contributed by atoms with van der Waals surface area (Å²) in [7, 11) is 1.05. The van der Waals surface area contributed by atoms with Gasteiger partial charge in [0.05, 0.1) is 5.02 Å². The van der Waals surface area contributed by atoms with E-state index in [1.165, 1.54) is 5.46 Å². The summed E-state index contributed by atoms with van der Waals surface area (Å²) in [4.78, 5) is 7.53. The van der Waals surface area contributed by atoms with Crippen LogP contribution in [0.2, 0.25) is 11.3 Å². The summed E-state index contributed by atoms with van der Waals surface area (Å²) >= 11 is 6.03. The van der Waals surface area contributed by atoms with Crippen molar-refractivity contribution in [3.8, 4) is 0 Å². The number of hydrogen-bond donors (Lipinski definition) is 1. The van der Waals surface area contributed by atoms with Crippen molar-refractivity contribution in [3.63, 3.8) is 0 Å². The van der Waals surface area contributed by atoms with Crippen molar-refractivity contribution in [1.82, 2.24) is 9.97 Å². The summed E-state index contributed by atoms with van der Waals surface area (Å²) < 4.78 is 0. The molecule has 0 saturated carbocycles. The van der Waals surface area contributed by atoms with Crippen molar-refractivity contribution in [3.05, 3.63) is 23.5 Å². The van der Waals surface area contributed by atoms with Gasteiger partial charge in [0.15, 0.2) is 7.28 Å². The van der Waals surface area contributed by atoms with E-state index < -0.39 is 0 Å². The molecule has 0 radical (unpaired) electrons. The molecule has 0 amide bonds. The first kappa shape index (κ1) is 14.5. The molecule has 102 valence electrons. The summed E-state index contributed by atoms with van der Waals surface area (Å²) in [5.74, 6) is 0. The van der Waals surface area contributed by atoms with Crippen molar-refractivity contribution in [2.45, 2.75) is 40.9 Å². The first-order valence-electron chi connectivity index (χ1n) is 6.82. The highest BCUT2D eigenvalue weighted by Gasteiger charge is 2.32. The fourth-order valence-electron chi connectivity index (χ4n) is 2.06. The van der Waals surface area contributed by atoms with Gasteiger partial charge in [0.1, 0.15) is 5.65 Å². The maximum Gasteiger partial charge on any atom is 0.161 e. The third-order valence-corrected chi connectivity index (χ3v) is 4.84. The maximum atomic E-state index is 6.03. The predicted octanol–water partition coefficient (Wildman–Crippen LogP) is 3.77. The quantitative estimate of drug-likeness (QED) is 0.850. The Labute approximate surface area is 121 Å². The third kappa shape index (κ3) is 2.97. The molecular weight excluding hydrogens is 254 g/mol. The Balaban J connectivity index is 2.21. The molecule has 19 heavy (non-hydrogen) atoms. The molecule has 0 unspecified atom stereocenters. The van der Waals surface area contributed by atoms with E-state index in [1.54, 1.807) is 6.20 Å². The number of pyridine rings is 1. The van der Waals surface area contributed by atoms with Crippen molar-refractivity contribution in [1.29, 1.82) is 0 Å². The van der Waals surface area contributed by atoms with Crippen LogP contribution in [0.25, 0.3) is 11.0 Å². The lowest BCUT2D eigenvalue weighted by Crippen LogP contribution is -2.32. The summed E-state index contributed by atoms with van der Waals surface area (Å²) in [6.07, 6.45) is 4.89.